The molecule has 0 N–H and O–H groups in total. The maximum absolute atomic E-state index is 5.88. The van der Waals surface area contributed by atoms with Crippen molar-refractivity contribution < 1.29 is 9.47 Å². The van der Waals surface area contributed by atoms with E-state index in [0.717, 1.165) is 59.9 Å². The van der Waals surface area contributed by atoms with Crippen LogP contribution in [0.5, 0.6) is 0 Å². The fourth-order valence-electron chi connectivity index (χ4n) is 6.75. The second-order valence-corrected chi connectivity index (χ2v) is 15.9. The van der Waals surface area contributed by atoms with Crippen LogP contribution in [0.3, 0.4) is 0 Å². The predicted octanol–water partition coefficient (Wildman–Crippen LogP) is 10.4. The number of hydrogen-bond donors (Lipinski definition) is 0. The first-order chi connectivity index (χ1) is 19.6. The van der Waals surface area contributed by atoms with Gasteiger partial charge >= 0.3 is 0 Å². The van der Waals surface area contributed by atoms with Crippen LogP contribution < -0.4 is 0 Å². The SMILES string of the molecule is C.CC(C)CN(CCN(CC(C)C)CC(C)C)CC(C)C.CCC(C)C1OCC(C)C1C.CCC1OC(CC)C(C)C1C. The highest BCUT2D eigenvalue weighted by Gasteiger charge is 2.36. The van der Waals surface area contributed by atoms with Gasteiger partial charge in [-0.05, 0) is 66.1 Å². The van der Waals surface area contributed by atoms with Gasteiger partial charge in [0.1, 0.15) is 0 Å². The Bertz CT molecular complexity index is 575. The monoisotopic (exact) mass is 613 g/mol. The highest BCUT2D eigenvalue weighted by molar-refractivity contribution is 4.84. The van der Waals surface area contributed by atoms with Crippen molar-refractivity contribution >= 4 is 0 Å². The number of ether oxygens (including phenoxy) is 2. The lowest BCUT2D eigenvalue weighted by molar-refractivity contribution is 0.0272. The molecule has 4 nitrogen and oxygen atoms in total. The van der Waals surface area contributed by atoms with E-state index < -0.39 is 0 Å². The third-order valence-corrected chi connectivity index (χ3v) is 9.55. The van der Waals surface area contributed by atoms with Crippen molar-refractivity contribution in [3.8, 4) is 0 Å². The first kappa shape index (κ1) is 45.0. The molecule has 0 aliphatic carbocycles. The number of rotatable bonds is 15. The van der Waals surface area contributed by atoms with E-state index in [1.54, 1.807) is 0 Å². The summed E-state index contributed by atoms with van der Waals surface area (Å²) < 4.78 is 11.6. The van der Waals surface area contributed by atoms with E-state index in [-0.39, 0.29) is 7.43 Å². The molecule has 0 aromatic heterocycles. The van der Waals surface area contributed by atoms with Gasteiger partial charge in [-0.3, -0.25) is 0 Å². The Labute approximate surface area is 273 Å². The molecule has 2 rings (SSSR count). The molecule has 0 radical (unpaired) electrons. The molecular formula is C39H84N2O2. The van der Waals surface area contributed by atoms with Crippen molar-refractivity contribution in [1.29, 1.82) is 0 Å². The topological polar surface area (TPSA) is 24.9 Å². The summed E-state index contributed by atoms with van der Waals surface area (Å²) in [7, 11) is 0. The van der Waals surface area contributed by atoms with E-state index >= 15 is 0 Å². The minimum absolute atomic E-state index is 0. The fraction of sp³-hybridized carbons (Fsp3) is 1.00. The van der Waals surface area contributed by atoms with Gasteiger partial charge in [-0.25, -0.2) is 0 Å². The van der Waals surface area contributed by atoms with Gasteiger partial charge in [-0.1, -0.05) is 125 Å². The molecule has 43 heavy (non-hydrogen) atoms. The Morgan fingerprint density at radius 3 is 1.14 bits per heavy atom. The van der Waals surface area contributed by atoms with Gasteiger partial charge in [0.05, 0.1) is 18.3 Å². The molecule has 0 amide bonds. The van der Waals surface area contributed by atoms with Crippen LogP contribution in [0.1, 0.15) is 137 Å². The normalized spacial score (nSPS) is 27.9. The fourth-order valence-corrected chi connectivity index (χ4v) is 6.75. The number of hydrogen-bond acceptors (Lipinski definition) is 4. The average Bonchev–Trinajstić information content (AvgIpc) is 3.38. The van der Waals surface area contributed by atoms with Crippen LogP contribution in [-0.2, 0) is 9.47 Å². The molecule has 2 aliphatic heterocycles. The van der Waals surface area contributed by atoms with Crippen LogP contribution in [0.15, 0.2) is 0 Å². The van der Waals surface area contributed by atoms with E-state index in [2.05, 4.69) is 121 Å². The van der Waals surface area contributed by atoms with Crippen molar-refractivity contribution in [2.24, 2.45) is 53.3 Å². The van der Waals surface area contributed by atoms with E-state index in [1.807, 2.05) is 0 Å². The third kappa shape index (κ3) is 18.5. The maximum atomic E-state index is 5.88. The first-order valence-corrected chi connectivity index (χ1v) is 18.3. The van der Waals surface area contributed by atoms with Crippen LogP contribution >= 0.6 is 0 Å². The molecule has 2 heterocycles. The largest absolute Gasteiger partial charge is 0.377 e. The van der Waals surface area contributed by atoms with Crippen molar-refractivity contribution in [2.75, 3.05) is 45.9 Å². The van der Waals surface area contributed by atoms with Crippen molar-refractivity contribution in [2.45, 2.75) is 156 Å². The standard InChI is InChI=1S/C18H40N2.2C10H20O.CH4/c1-15(2)11-19(12-16(3)4)9-10-20(13-17(5)6)14-18(7)8;1-5-7(2)10-9(4)8(3)6-11-10;1-5-9-7(3)8(4)10(6-2)11-9;/h15-18H,9-14H2,1-8H3;2*7-10H,5-6H2,1-4H3;1H4. The minimum Gasteiger partial charge on any atom is -0.377 e. The van der Waals surface area contributed by atoms with Crippen molar-refractivity contribution in [3.05, 3.63) is 0 Å². The second-order valence-electron chi connectivity index (χ2n) is 15.9. The molecule has 0 spiro atoms. The summed E-state index contributed by atoms with van der Waals surface area (Å²) in [5.41, 5.74) is 0. The Hall–Kier alpha value is -0.160. The number of nitrogens with zero attached hydrogens (tertiary/aromatic N) is 2. The molecule has 0 saturated carbocycles. The van der Waals surface area contributed by atoms with Crippen LogP contribution in [0.2, 0.25) is 0 Å². The molecule has 0 aromatic carbocycles. The Kier molecular flexibility index (Phi) is 25.2. The van der Waals surface area contributed by atoms with E-state index in [1.165, 1.54) is 58.5 Å². The summed E-state index contributed by atoms with van der Waals surface area (Å²) in [6.45, 7) is 45.1. The second kappa shape index (κ2) is 24.1. The Morgan fingerprint density at radius 1 is 0.581 bits per heavy atom. The van der Waals surface area contributed by atoms with Gasteiger partial charge in [-0.15, -0.1) is 0 Å². The summed E-state index contributed by atoms with van der Waals surface area (Å²) in [5, 5.41) is 0. The molecule has 8 unspecified atom stereocenters. The summed E-state index contributed by atoms with van der Waals surface area (Å²) in [6.07, 6.45) is 5.14. The smallest absolute Gasteiger partial charge is 0.0629 e. The predicted molar refractivity (Wildman–Crippen MR) is 194 cm³/mol. The van der Waals surface area contributed by atoms with Gasteiger partial charge < -0.3 is 19.3 Å². The molecule has 0 aromatic rings. The lowest BCUT2D eigenvalue weighted by Crippen LogP contribution is -2.41. The molecule has 2 fully saturated rings. The summed E-state index contributed by atoms with van der Waals surface area (Å²) in [6, 6.07) is 0. The summed E-state index contributed by atoms with van der Waals surface area (Å²) >= 11 is 0. The Morgan fingerprint density at radius 2 is 0.930 bits per heavy atom. The van der Waals surface area contributed by atoms with Crippen LogP contribution in [0.25, 0.3) is 0 Å². The third-order valence-electron chi connectivity index (χ3n) is 9.55. The molecule has 8 atom stereocenters. The molecule has 262 valence electrons. The Balaban J connectivity index is 0. The molecular weight excluding hydrogens is 528 g/mol. The molecule has 2 saturated heterocycles. The quantitative estimate of drug-likeness (QED) is 0.184. The highest BCUT2D eigenvalue weighted by atomic mass is 16.5. The van der Waals surface area contributed by atoms with Gasteiger partial charge in [0, 0.05) is 45.9 Å². The zero-order chi connectivity index (χ0) is 32.6. The molecule has 4 heteroatoms. The van der Waals surface area contributed by atoms with E-state index in [0.29, 0.717) is 18.3 Å². The van der Waals surface area contributed by atoms with Crippen molar-refractivity contribution in [3.63, 3.8) is 0 Å². The van der Waals surface area contributed by atoms with Crippen LogP contribution in [-0.4, -0.2) is 74.0 Å². The van der Waals surface area contributed by atoms with Crippen LogP contribution in [0.4, 0.5) is 0 Å². The molecule has 2 aliphatic rings. The molecule has 0 bridgehead atoms. The van der Waals surface area contributed by atoms with Gasteiger partial charge in [-0.2, -0.15) is 0 Å². The lowest BCUT2D eigenvalue weighted by Gasteiger charge is -2.31. The van der Waals surface area contributed by atoms with E-state index in [4.69, 9.17) is 9.47 Å². The zero-order valence-electron chi connectivity index (χ0n) is 31.7. The zero-order valence-corrected chi connectivity index (χ0v) is 31.7. The van der Waals surface area contributed by atoms with Gasteiger partial charge in [0.25, 0.3) is 0 Å². The van der Waals surface area contributed by atoms with Crippen molar-refractivity contribution in [1.82, 2.24) is 9.80 Å². The summed E-state index contributed by atoms with van der Waals surface area (Å²) in [4.78, 5) is 5.31. The lowest BCUT2D eigenvalue weighted by atomic mass is 9.87. The minimum atomic E-state index is 0. The van der Waals surface area contributed by atoms with Gasteiger partial charge in [0.15, 0.2) is 0 Å². The maximum Gasteiger partial charge on any atom is 0.0629 e. The van der Waals surface area contributed by atoms with Crippen LogP contribution in [0, 0.1) is 53.3 Å². The van der Waals surface area contributed by atoms with E-state index in [9.17, 15) is 0 Å². The first-order valence-electron chi connectivity index (χ1n) is 18.3. The highest BCUT2D eigenvalue weighted by Crippen LogP contribution is 2.35. The average molecular weight is 613 g/mol. The van der Waals surface area contributed by atoms with Gasteiger partial charge in [0.2, 0.25) is 0 Å². The summed E-state index contributed by atoms with van der Waals surface area (Å²) in [5.74, 6) is 6.80.